The molecule has 106 valence electrons. The van der Waals surface area contributed by atoms with Gasteiger partial charge in [0.2, 0.25) is 0 Å². The predicted octanol–water partition coefficient (Wildman–Crippen LogP) is 3.18. The molecule has 0 N–H and O–H groups in total. The monoisotopic (exact) mass is 309 g/mol. The van der Waals surface area contributed by atoms with Crippen molar-refractivity contribution in [2.75, 3.05) is 0 Å². The van der Waals surface area contributed by atoms with Crippen LogP contribution >= 0.6 is 11.6 Å². The Bertz CT molecular complexity index is 762. The molecule has 3 rings (SSSR count). The van der Waals surface area contributed by atoms with Crippen molar-refractivity contribution in [1.29, 1.82) is 0 Å². The van der Waals surface area contributed by atoms with Gasteiger partial charge in [-0.15, -0.1) is 10.2 Å². The lowest BCUT2D eigenvalue weighted by atomic mass is 10.2. The summed E-state index contributed by atoms with van der Waals surface area (Å²) in [6.45, 7) is 0. The second-order valence-corrected chi connectivity index (χ2v) is 4.30. The highest BCUT2D eigenvalue weighted by molar-refractivity contribution is 6.29. The number of pyridine rings is 1. The number of halogens is 3. The Kier molecular flexibility index (Phi) is 3.53. The lowest BCUT2D eigenvalue weighted by Crippen LogP contribution is -1.90. The van der Waals surface area contributed by atoms with Crippen molar-refractivity contribution in [3.63, 3.8) is 0 Å². The summed E-state index contributed by atoms with van der Waals surface area (Å²) in [7, 11) is 0. The third-order valence-corrected chi connectivity index (χ3v) is 2.72. The second-order valence-electron chi connectivity index (χ2n) is 3.91. The Hall–Kier alpha value is -2.48. The van der Waals surface area contributed by atoms with Gasteiger partial charge in [-0.25, -0.2) is 15.0 Å². The standard InChI is InChI=1S/C12H6ClF2N5O/c13-8-3-6(1-2-16-8)10-17-4-7(5-18-10)11-19-20-12(21-11)9(14)15/h1-5,9H. The first-order valence-corrected chi connectivity index (χ1v) is 6.07. The van der Waals surface area contributed by atoms with Gasteiger partial charge in [-0.05, 0) is 12.1 Å². The molecule has 0 aliphatic carbocycles. The van der Waals surface area contributed by atoms with Gasteiger partial charge in [-0.1, -0.05) is 11.6 Å². The van der Waals surface area contributed by atoms with Crippen LogP contribution in [0.4, 0.5) is 8.78 Å². The topological polar surface area (TPSA) is 77.6 Å². The maximum absolute atomic E-state index is 12.4. The van der Waals surface area contributed by atoms with Crippen molar-refractivity contribution in [2.45, 2.75) is 6.43 Å². The van der Waals surface area contributed by atoms with E-state index in [2.05, 4.69) is 25.1 Å². The molecule has 0 aliphatic rings. The molecule has 0 aromatic carbocycles. The van der Waals surface area contributed by atoms with Crippen molar-refractivity contribution in [3.8, 4) is 22.8 Å². The van der Waals surface area contributed by atoms with Gasteiger partial charge in [0, 0.05) is 24.2 Å². The van der Waals surface area contributed by atoms with Crippen LogP contribution in [0.1, 0.15) is 12.3 Å². The summed E-state index contributed by atoms with van der Waals surface area (Å²) in [5.41, 5.74) is 1.03. The van der Waals surface area contributed by atoms with E-state index >= 15 is 0 Å². The summed E-state index contributed by atoms with van der Waals surface area (Å²) < 4.78 is 29.6. The van der Waals surface area contributed by atoms with Gasteiger partial charge in [-0.3, -0.25) is 0 Å². The van der Waals surface area contributed by atoms with Crippen LogP contribution in [0, 0.1) is 0 Å². The third kappa shape index (κ3) is 2.84. The van der Waals surface area contributed by atoms with E-state index in [0.717, 1.165) is 0 Å². The molecular formula is C12H6ClF2N5O. The van der Waals surface area contributed by atoms with E-state index in [0.29, 0.717) is 22.1 Å². The average molecular weight is 310 g/mol. The van der Waals surface area contributed by atoms with Gasteiger partial charge in [0.1, 0.15) is 5.15 Å². The van der Waals surface area contributed by atoms with E-state index in [1.54, 1.807) is 12.1 Å². The van der Waals surface area contributed by atoms with Gasteiger partial charge < -0.3 is 4.42 Å². The summed E-state index contributed by atoms with van der Waals surface area (Å²) in [5.74, 6) is -0.392. The zero-order valence-corrected chi connectivity index (χ0v) is 11.0. The van der Waals surface area contributed by atoms with Crippen molar-refractivity contribution in [1.82, 2.24) is 25.1 Å². The quantitative estimate of drug-likeness (QED) is 0.691. The molecule has 21 heavy (non-hydrogen) atoms. The van der Waals surface area contributed by atoms with Crippen LogP contribution in [0.2, 0.25) is 5.15 Å². The van der Waals surface area contributed by atoms with Crippen LogP contribution in [-0.2, 0) is 0 Å². The van der Waals surface area contributed by atoms with Crippen LogP contribution in [0.5, 0.6) is 0 Å². The summed E-state index contributed by atoms with van der Waals surface area (Å²) in [4.78, 5) is 12.1. The molecule has 6 nitrogen and oxygen atoms in total. The lowest BCUT2D eigenvalue weighted by Gasteiger charge is -2.00. The highest BCUT2D eigenvalue weighted by Gasteiger charge is 2.17. The molecule has 0 aliphatic heterocycles. The first-order chi connectivity index (χ1) is 10.1. The van der Waals surface area contributed by atoms with Crippen LogP contribution in [0.3, 0.4) is 0 Å². The molecule has 0 saturated heterocycles. The first-order valence-electron chi connectivity index (χ1n) is 5.69. The summed E-state index contributed by atoms with van der Waals surface area (Å²) in [6, 6.07) is 3.31. The number of hydrogen-bond acceptors (Lipinski definition) is 6. The largest absolute Gasteiger partial charge is 0.415 e. The normalized spacial score (nSPS) is 11.0. The first kappa shape index (κ1) is 13.5. The molecule has 0 bridgehead atoms. The highest BCUT2D eigenvalue weighted by Crippen LogP contribution is 2.23. The minimum atomic E-state index is -2.81. The van der Waals surface area contributed by atoms with Crippen molar-refractivity contribution in [2.24, 2.45) is 0 Å². The summed E-state index contributed by atoms with van der Waals surface area (Å²) in [6.07, 6.45) is 1.52. The number of rotatable bonds is 3. The molecule has 3 heterocycles. The predicted molar refractivity (Wildman–Crippen MR) is 68.5 cm³/mol. The Balaban J connectivity index is 1.90. The van der Waals surface area contributed by atoms with Gasteiger partial charge in [0.25, 0.3) is 11.8 Å². The molecular weight excluding hydrogens is 304 g/mol. The van der Waals surface area contributed by atoms with Gasteiger partial charge >= 0.3 is 6.43 Å². The van der Waals surface area contributed by atoms with Crippen molar-refractivity contribution >= 4 is 11.6 Å². The Morgan fingerprint density at radius 2 is 1.81 bits per heavy atom. The van der Waals surface area contributed by atoms with Crippen LogP contribution in [0.25, 0.3) is 22.8 Å². The number of alkyl halides is 2. The fourth-order valence-electron chi connectivity index (χ4n) is 1.57. The smallest absolute Gasteiger partial charge is 0.314 e. The zero-order chi connectivity index (χ0) is 14.8. The van der Waals surface area contributed by atoms with Gasteiger partial charge in [0.05, 0.1) is 5.56 Å². The lowest BCUT2D eigenvalue weighted by molar-refractivity contribution is 0.116. The summed E-state index contributed by atoms with van der Waals surface area (Å²) in [5, 5.41) is 7.07. The SMILES string of the molecule is FC(F)c1nnc(-c2cnc(-c3ccnc(Cl)c3)nc2)o1. The van der Waals surface area contributed by atoms with E-state index in [4.69, 9.17) is 16.0 Å². The Morgan fingerprint density at radius 3 is 2.43 bits per heavy atom. The maximum Gasteiger partial charge on any atom is 0.314 e. The third-order valence-electron chi connectivity index (χ3n) is 2.51. The van der Waals surface area contributed by atoms with E-state index in [1.165, 1.54) is 18.6 Å². The molecule has 0 spiro atoms. The van der Waals surface area contributed by atoms with E-state index in [9.17, 15) is 8.78 Å². The average Bonchev–Trinajstić information content (AvgIpc) is 2.97. The molecule has 0 unspecified atom stereocenters. The summed E-state index contributed by atoms with van der Waals surface area (Å²) >= 11 is 5.78. The van der Waals surface area contributed by atoms with Gasteiger partial charge in [-0.2, -0.15) is 8.78 Å². The minimum Gasteiger partial charge on any atom is -0.415 e. The molecule has 9 heteroatoms. The van der Waals surface area contributed by atoms with E-state index < -0.39 is 12.3 Å². The second kappa shape index (κ2) is 5.49. The maximum atomic E-state index is 12.4. The molecule has 0 radical (unpaired) electrons. The fourth-order valence-corrected chi connectivity index (χ4v) is 1.74. The fraction of sp³-hybridized carbons (Fsp3) is 0.0833. The number of aromatic nitrogens is 5. The van der Waals surface area contributed by atoms with Gasteiger partial charge in [0.15, 0.2) is 5.82 Å². The molecule has 0 fully saturated rings. The van der Waals surface area contributed by atoms with Crippen molar-refractivity contribution in [3.05, 3.63) is 41.8 Å². The molecule has 3 aromatic heterocycles. The molecule has 0 saturated carbocycles. The molecule has 0 amide bonds. The number of hydrogen-bond donors (Lipinski definition) is 0. The van der Waals surface area contributed by atoms with Crippen molar-refractivity contribution < 1.29 is 13.2 Å². The molecule has 0 atom stereocenters. The van der Waals surface area contributed by atoms with Crippen LogP contribution in [0.15, 0.2) is 35.1 Å². The van der Waals surface area contributed by atoms with E-state index in [1.807, 2.05) is 0 Å². The van der Waals surface area contributed by atoms with Crippen LogP contribution < -0.4 is 0 Å². The molecule has 3 aromatic rings. The zero-order valence-electron chi connectivity index (χ0n) is 10.2. The highest BCUT2D eigenvalue weighted by atomic mass is 35.5. The Morgan fingerprint density at radius 1 is 1.05 bits per heavy atom. The van der Waals surface area contributed by atoms with E-state index in [-0.39, 0.29) is 5.89 Å². The van der Waals surface area contributed by atoms with Crippen LogP contribution in [-0.4, -0.2) is 25.1 Å². The number of nitrogens with zero attached hydrogens (tertiary/aromatic N) is 5. The Labute approximate surface area is 121 Å². The minimum absolute atomic E-state index is 0.0652.